The van der Waals surface area contributed by atoms with E-state index in [1.54, 1.807) is 0 Å². The normalized spacial score (nSPS) is 28.7. The number of rotatable bonds is 6. The minimum Gasteiger partial charge on any atom is -0.396 e. The van der Waals surface area contributed by atoms with Crippen molar-refractivity contribution in [3.05, 3.63) is 0 Å². The van der Waals surface area contributed by atoms with Gasteiger partial charge < -0.3 is 9.84 Å². The van der Waals surface area contributed by atoms with Crippen LogP contribution >= 0.6 is 15.9 Å². The zero-order chi connectivity index (χ0) is 12.8. The lowest BCUT2D eigenvalue weighted by Crippen LogP contribution is -2.44. The van der Waals surface area contributed by atoms with Crippen molar-refractivity contribution in [1.29, 1.82) is 0 Å². The van der Waals surface area contributed by atoms with Gasteiger partial charge in [-0.3, -0.25) is 4.90 Å². The van der Waals surface area contributed by atoms with Crippen LogP contribution in [0.25, 0.3) is 0 Å². The highest BCUT2D eigenvalue weighted by Crippen LogP contribution is 2.36. The number of aliphatic hydroxyl groups is 1. The van der Waals surface area contributed by atoms with Crippen molar-refractivity contribution in [2.75, 3.05) is 38.2 Å². The highest BCUT2D eigenvalue weighted by molar-refractivity contribution is 9.09. The molecule has 106 valence electrons. The Morgan fingerprint density at radius 2 is 2.11 bits per heavy atom. The molecule has 1 unspecified atom stereocenters. The van der Waals surface area contributed by atoms with Gasteiger partial charge in [0.15, 0.2) is 0 Å². The topological polar surface area (TPSA) is 32.7 Å². The van der Waals surface area contributed by atoms with E-state index in [9.17, 15) is 0 Å². The molecular formula is C14H26BrNO2. The number of ether oxygens (including phenoxy) is 1. The molecule has 4 heteroatoms. The Kier molecular flexibility index (Phi) is 5.93. The quantitative estimate of drug-likeness (QED) is 0.763. The summed E-state index contributed by atoms with van der Waals surface area (Å²) in [7, 11) is 0. The minimum absolute atomic E-state index is 0.335. The summed E-state index contributed by atoms with van der Waals surface area (Å²) in [6, 6.07) is 0.705. The summed E-state index contributed by atoms with van der Waals surface area (Å²) in [5.41, 5.74) is 0.417. The molecule has 0 aromatic heterocycles. The second kappa shape index (κ2) is 7.22. The molecule has 1 atom stereocenters. The van der Waals surface area contributed by atoms with E-state index >= 15 is 0 Å². The second-order valence-corrected chi connectivity index (χ2v) is 6.44. The number of hydrogen-bond acceptors (Lipinski definition) is 3. The molecule has 18 heavy (non-hydrogen) atoms. The van der Waals surface area contributed by atoms with Crippen molar-refractivity contribution in [3.63, 3.8) is 0 Å². The highest BCUT2D eigenvalue weighted by Gasteiger charge is 2.36. The predicted molar refractivity (Wildman–Crippen MR) is 77.2 cm³/mol. The van der Waals surface area contributed by atoms with E-state index in [0.717, 1.165) is 31.4 Å². The largest absolute Gasteiger partial charge is 0.396 e. The third-order valence-corrected chi connectivity index (χ3v) is 5.76. The van der Waals surface area contributed by atoms with E-state index in [2.05, 4.69) is 20.8 Å². The Balaban J connectivity index is 1.89. The third kappa shape index (κ3) is 3.69. The summed E-state index contributed by atoms with van der Waals surface area (Å²) < 4.78 is 5.51. The molecule has 2 rings (SSSR count). The lowest BCUT2D eigenvalue weighted by molar-refractivity contribution is 0.00525. The first-order chi connectivity index (χ1) is 8.79. The van der Waals surface area contributed by atoms with Crippen LogP contribution in [0.5, 0.6) is 0 Å². The van der Waals surface area contributed by atoms with Crippen molar-refractivity contribution in [1.82, 2.24) is 4.90 Å². The Hall–Kier alpha value is 0.360. The fourth-order valence-electron chi connectivity index (χ4n) is 3.33. The van der Waals surface area contributed by atoms with E-state index in [-0.39, 0.29) is 0 Å². The van der Waals surface area contributed by atoms with E-state index in [0.29, 0.717) is 18.1 Å². The average Bonchev–Trinajstić information content (AvgIpc) is 2.84. The van der Waals surface area contributed by atoms with Crippen LogP contribution in [-0.4, -0.2) is 54.3 Å². The molecule has 0 aliphatic carbocycles. The summed E-state index contributed by atoms with van der Waals surface area (Å²) in [6.45, 7) is 4.62. The molecule has 2 fully saturated rings. The molecule has 2 aliphatic heterocycles. The summed E-state index contributed by atoms with van der Waals surface area (Å²) >= 11 is 3.73. The Bertz CT molecular complexity index is 244. The van der Waals surface area contributed by atoms with Crippen LogP contribution in [0.2, 0.25) is 0 Å². The first-order valence-corrected chi connectivity index (χ1v) is 8.40. The van der Waals surface area contributed by atoms with Crippen molar-refractivity contribution in [2.45, 2.75) is 44.6 Å². The summed E-state index contributed by atoms with van der Waals surface area (Å²) in [6.07, 6.45) is 7.11. The Morgan fingerprint density at radius 1 is 1.33 bits per heavy atom. The van der Waals surface area contributed by atoms with Crippen LogP contribution in [0.4, 0.5) is 0 Å². The fourth-order valence-corrected chi connectivity index (χ4v) is 4.06. The molecule has 0 aromatic carbocycles. The van der Waals surface area contributed by atoms with Crippen molar-refractivity contribution in [2.24, 2.45) is 5.41 Å². The number of hydrogen-bond donors (Lipinski definition) is 1. The van der Waals surface area contributed by atoms with E-state index in [4.69, 9.17) is 9.84 Å². The van der Waals surface area contributed by atoms with Gasteiger partial charge >= 0.3 is 0 Å². The standard InChI is InChI=1S/C14H26BrNO2/c15-11-14(5-9-18-10-6-14)12-16-7-1-3-13(16)4-2-8-17/h13,17H,1-12H2. The van der Waals surface area contributed by atoms with Gasteiger partial charge in [-0.1, -0.05) is 15.9 Å². The maximum absolute atomic E-state index is 8.99. The molecule has 2 saturated heterocycles. The van der Waals surface area contributed by atoms with Gasteiger partial charge in [-0.05, 0) is 50.5 Å². The van der Waals surface area contributed by atoms with E-state index in [1.807, 2.05) is 0 Å². The molecule has 0 bridgehead atoms. The monoisotopic (exact) mass is 319 g/mol. The summed E-state index contributed by atoms with van der Waals surface area (Å²) in [5, 5.41) is 10.1. The van der Waals surface area contributed by atoms with Crippen molar-refractivity contribution >= 4 is 15.9 Å². The highest BCUT2D eigenvalue weighted by atomic mass is 79.9. The van der Waals surface area contributed by atoms with Crippen molar-refractivity contribution < 1.29 is 9.84 Å². The summed E-state index contributed by atoms with van der Waals surface area (Å²) in [4.78, 5) is 2.67. The van der Waals surface area contributed by atoms with Crippen LogP contribution in [0, 0.1) is 5.41 Å². The number of alkyl halides is 1. The lowest BCUT2D eigenvalue weighted by Gasteiger charge is -2.40. The molecular weight excluding hydrogens is 294 g/mol. The molecule has 0 spiro atoms. The number of aliphatic hydroxyl groups excluding tert-OH is 1. The van der Waals surface area contributed by atoms with Gasteiger partial charge in [0.1, 0.15) is 0 Å². The zero-order valence-corrected chi connectivity index (χ0v) is 12.8. The molecule has 1 N–H and O–H groups in total. The van der Waals surface area contributed by atoms with Crippen LogP contribution in [0.1, 0.15) is 38.5 Å². The maximum atomic E-state index is 8.99. The molecule has 0 saturated carbocycles. The second-order valence-electron chi connectivity index (χ2n) is 5.88. The maximum Gasteiger partial charge on any atom is 0.0472 e. The van der Waals surface area contributed by atoms with Crippen molar-refractivity contribution in [3.8, 4) is 0 Å². The first-order valence-electron chi connectivity index (χ1n) is 7.28. The van der Waals surface area contributed by atoms with Crippen LogP contribution < -0.4 is 0 Å². The van der Waals surface area contributed by atoms with Gasteiger partial charge in [0, 0.05) is 37.7 Å². The van der Waals surface area contributed by atoms with E-state index < -0.39 is 0 Å². The smallest absolute Gasteiger partial charge is 0.0472 e. The van der Waals surface area contributed by atoms with Gasteiger partial charge in [0.25, 0.3) is 0 Å². The molecule has 0 radical (unpaired) electrons. The third-order valence-electron chi connectivity index (χ3n) is 4.57. The molecule has 2 aliphatic rings. The van der Waals surface area contributed by atoms with Gasteiger partial charge in [-0.2, -0.15) is 0 Å². The Labute approximate surface area is 119 Å². The number of halogens is 1. The summed E-state index contributed by atoms with van der Waals surface area (Å²) in [5.74, 6) is 0. The minimum atomic E-state index is 0.335. The molecule has 0 aromatic rings. The van der Waals surface area contributed by atoms with Crippen LogP contribution in [0.3, 0.4) is 0 Å². The lowest BCUT2D eigenvalue weighted by atomic mass is 9.81. The van der Waals surface area contributed by atoms with Crippen LogP contribution in [0.15, 0.2) is 0 Å². The molecule has 0 amide bonds. The SMILES string of the molecule is OCCCC1CCCN1CC1(CBr)CCOCC1. The zero-order valence-electron chi connectivity index (χ0n) is 11.2. The predicted octanol–water partition coefficient (Wildman–Crippen LogP) is 2.42. The van der Waals surface area contributed by atoms with Gasteiger partial charge in [-0.25, -0.2) is 0 Å². The molecule has 3 nitrogen and oxygen atoms in total. The van der Waals surface area contributed by atoms with Crippen LogP contribution in [-0.2, 0) is 4.74 Å². The van der Waals surface area contributed by atoms with Gasteiger partial charge in [0.05, 0.1) is 0 Å². The van der Waals surface area contributed by atoms with Gasteiger partial charge in [0.2, 0.25) is 0 Å². The fraction of sp³-hybridized carbons (Fsp3) is 1.00. The molecule has 2 heterocycles. The van der Waals surface area contributed by atoms with E-state index in [1.165, 1.54) is 38.8 Å². The van der Waals surface area contributed by atoms with Gasteiger partial charge in [-0.15, -0.1) is 0 Å². The Morgan fingerprint density at radius 3 is 2.78 bits per heavy atom. The first kappa shape index (κ1) is 14.8. The number of likely N-dealkylation sites (tertiary alicyclic amines) is 1. The number of nitrogens with zero attached hydrogens (tertiary/aromatic N) is 1. The average molecular weight is 320 g/mol.